The Balaban J connectivity index is 1.30. The van der Waals surface area contributed by atoms with Crippen molar-refractivity contribution in [3.63, 3.8) is 0 Å². The van der Waals surface area contributed by atoms with Crippen LogP contribution in [0.25, 0.3) is 0 Å². The highest BCUT2D eigenvalue weighted by Gasteiger charge is 2.49. The number of benzene rings is 2. The first-order valence-corrected chi connectivity index (χ1v) is 9.90. The molecule has 5 atom stereocenters. The highest BCUT2D eigenvalue weighted by Crippen LogP contribution is 2.30. The standard InChI is InChI=1S/C22H25FN2O5/c1-13(14-4-3-5-17(10-14)27-2)24-22(26)25-18-11-28-21-19(12-29-20(18)21)30-16-8-6-15(23)7-9-16/h3-10,13,18-21H,11-12H2,1-2H3,(H2,24,25,26)/t13-,18+,19+,20-,21-/m1/s1. The number of hydrogen-bond acceptors (Lipinski definition) is 5. The Morgan fingerprint density at radius 2 is 1.87 bits per heavy atom. The lowest BCUT2D eigenvalue weighted by Crippen LogP contribution is -2.48. The van der Waals surface area contributed by atoms with Crippen molar-refractivity contribution in [3.05, 3.63) is 59.9 Å². The minimum Gasteiger partial charge on any atom is -0.497 e. The van der Waals surface area contributed by atoms with Crippen molar-refractivity contribution in [1.29, 1.82) is 0 Å². The second-order valence-corrected chi connectivity index (χ2v) is 7.43. The van der Waals surface area contributed by atoms with E-state index in [9.17, 15) is 9.18 Å². The second-order valence-electron chi connectivity index (χ2n) is 7.43. The summed E-state index contributed by atoms with van der Waals surface area (Å²) in [7, 11) is 1.61. The number of hydrogen-bond donors (Lipinski definition) is 2. The summed E-state index contributed by atoms with van der Waals surface area (Å²) < 4.78 is 35.9. The number of halogens is 1. The van der Waals surface area contributed by atoms with Crippen LogP contribution in [0.1, 0.15) is 18.5 Å². The Hall–Kier alpha value is -2.84. The quantitative estimate of drug-likeness (QED) is 0.757. The fourth-order valence-electron chi connectivity index (χ4n) is 3.78. The third kappa shape index (κ3) is 4.49. The molecule has 2 aliphatic rings. The summed E-state index contributed by atoms with van der Waals surface area (Å²) in [5.74, 6) is 0.967. The number of ether oxygens (including phenoxy) is 4. The van der Waals surface area contributed by atoms with Crippen LogP contribution >= 0.6 is 0 Å². The summed E-state index contributed by atoms with van der Waals surface area (Å²) in [4.78, 5) is 12.5. The molecule has 2 N–H and O–H groups in total. The third-order valence-electron chi connectivity index (χ3n) is 5.37. The molecule has 0 unspecified atom stereocenters. The average Bonchev–Trinajstić information content (AvgIpc) is 3.33. The number of methoxy groups -OCH3 is 1. The lowest BCUT2D eigenvalue weighted by atomic mass is 10.1. The van der Waals surface area contributed by atoms with Gasteiger partial charge in [0.15, 0.2) is 6.10 Å². The minimum atomic E-state index is -0.321. The molecule has 2 aromatic rings. The van der Waals surface area contributed by atoms with Crippen LogP contribution in [-0.4, -0.2) is 50.7 Å². The zero-order valence-corrected chi connectivity index (χ0v) is 16.8. The van der Waals surface area contributed by atoms with Gasteiger partial charge >= 0.3 is 6.03 Å². The summed E-state index contributed by atoms with van der Waals surface area (Å²) in [6, 6.07) is 12.6. The molecule has 2 fully saturated rings. The normalized spacial score (nSPS) is 26.0. The maximum Gasteiger partial charge on any atom is 0.315 e. The molecule has 0 aromatic heterocycles. The molecule has 30 heavy (non-hydrogen) atoms. The maximum absolute atomic E-state index is 13.1. The highest BCUT2D eigenvalue weighted by atomic mass is 19.1. The molecular formula is C22H25FN2O5. The van der Waals surface area contributed by atoms with E-state index in [0.29, 0.717) is 19.0 Å². The van der Waals surface area contributed by atoms with Crippen molar-refractivity contribution < 1.29 is 28.1 Å². The van der Waals surface area contributed by atoms with E-state index in [4.69, 9.17) is 18.9 Å². The summed E-state index contributed by atoms with van der Waals surface area (Å²) in [5, 5.41) is 5.86. The predicted molar refractivity (Wildman–Crippen MR) is 107 cm³/mol. The van der Waals surface area contributed by atoms with Crippen LogP contribution in [0, 0.1) is 5.82 Å². The SMILES string of the molecule is COc1cccc([C@@H](C)NC(=O)N[C@H]2CO[C@H]3[C@@H]2OC[C@@H]3Oc2ccc(F)cc2)c1. The molecule has 4 rings (SSSR count). The predicted octanol–water partition coefficient (Wildman–Crippen LogP) is 2.81. The van der Waals surface area contributed by atoms with Gasteiger partial charge in [-0.2, -0.15) is 0 Å². The van der Waals surface area contributed by atoms with Crippen LogP contribution in [-0.2, 0) is 9.47 Å². The van der Waals surface area contributed by atoms with Crippen LogP contribution in [0.5, 0.6) is 11.5 Å². The molecule has 8 heteroatoms. The van der Waals surface area contributed by atoms with Crippen LogP contribution < -0.4 is 20.1 Å². The van der Waals surface area contributed by atoms with Gasteiger partial charge in [-0.25, -0.2) is 9.18 Å². The summed E-state index contributed by atoms with van der Waals surface area (Å²) in [6.45, 7) is 2.58. The first kappa shape index (κ1) is 20.4. The fourth-order valence-corrected chi connectivity index (χ4v) is 3.78. The van der Waals surface area contributed by atoms with E-state index in [1.54, 1.807) is 19.2 Å². The van der Waals surface area contributed by atoms with Gasteiger partial charge in [0.25, 0.3) is 0 Å². The Morgan fingerprint density at radius 1 is 1.10 bits per heavy atom. The van der Waals surface area contributed by atoms with Crippen molar-refractivity contribution in [2.45, 2.75) is 37.3 Å². The molecule has 160 valence electrons. The fraction of sp³-hybridized carbons (Fsp3) is 0.409. The van der Waals surface area contributed by atoms with Gasteiger partial charge in [-0.1, -0.05) is 12.1 Å². The number of rotatable bonds is 6. The summed E-state index contributed by atoms with van der Waals surface area (Å²) >= 11 is 0. The molecule has 0 aliphatic carbocycles. The zero-order valence-electron chi connectivity index (χ0n) is 16.8. The third-order valence-corrected chi connectivity index (χ3v) is 5.37. The first-order chi connectivity index (χ1) is 14.5. The second kappa shape index (κ2) is 8.89. The van der Waals surface area contributed by atoms with E-state index in [1.807, 2.05) is 31.2 Å². The van der Waals surface area contributed by atoms with Crippen LogP contribution in [0.4, 0.5) is 9.18 Å². The van der Waals surface area contributed by atoms with Crippen molar-refractivity contribution in [3.8, 4) is 11.5 Å². The highest BCUT2D eigenvalue weighted by molar-refractivity contribution is 5.75. The maximum atomic E-state index is 13.1. The molecule has 7 nitrogen and oxygen atoms in total. The van der Waals surface area contributed by atoms with Gasteiger partial charge in [-0.3, -0.25) is 0 Å². The number of amides is 2. The molecule has 2 heterocycles. The Bertz CT molecular complexity index is 878. The van der Waals surface area contributed by atoms with E-state index in [2.05, 4.69) is 10.6 Å². The first-order valence-electron chi connectivity index (χ1n) is 9.90. The van der Waals surface area contributed by atoms with Gasteiger partial charge in [0.1, 0.15) is 29.5 Å². The largest absolute Gasteiger partial charge is 0.497 e. The Labute approximate surface area is 174 Å². The van der Waals surface area contributed by atoms with Gasteiger partial charge < -0.3 is 29.6 Å². The van der Waals surface area contributed by atoms with E-state index in [1.165, 1.54) is 12.1 Å². The molecular weight excluding hydrogens is 391 g/mol. The molecule has 2 aliphatic heterocycles. The lowest BCUT2D eigenvalue weighted by Gasteiger charge is -2.20. The zero-order chi connectivity index (χ0) is 21.1. The van der Waals surface area contributed by atoms with Gasteiger partial charge in [0.2, 0.25) is 0 Å². The molecule has 2 aromatic carbocycles. The molecule has 0 bridgehead atoms. The van der Waals surface area contributed by atoms with Crippen LogP contribution in [0.15, 0.2) is 48.5 Å². The van der Waals surface area contributed by atoms with Gasteiger partial charge in [0, 0.05) is 0 Å². The molecule has 2 saturated heterocycles. The van der Waals surface area contributed by atoms with E-state index in [0.717, 1.165) is 11.3 Å². The van der Waals surface area contributed by atoms with Crippen LogP contribution in [0.2, 0.25) is 0 Å². The minimum absolute atomic E-state index is 0.197. The van der Waals surface area contributed by atoms with Crippen molar-refractivity contribution >= 4 is 6.03 Å². The number of carbonyl (C=O) groups is 1. The Morgan fingerprint density at radius 3 is 2.63 bits per heavy atom. The van der Waals surface area contributed by atoms with E-state index >= 15 is 0 Å². The number of urea groups is 1. The lowest BCUT2D eigenvalue weighted by molar-refractivity contribution is 0.0303. The van der Waals surface area contributed by atoms with E-state index in [-0.39, 0.29) is 42.2 Å². The number of carbonyl (C=O) groups excluding carboxylic acids is 1. The van der Waals surface area contributed by atoms with Crippen molar-refractivity contribution in [1.82, 2.24) is 10.6 Å². The monoisotopic (exact) mass is 416 g/mol. The van der Waals surface area contributed by atoms with Gasteiger partial charge in [-0.05, 0) is 48.9 Å². The number of fused-ring (bicyclic) bond motifs is 1. The summed E-state index contributed by atoms with van der Waals surface area (Å²) in [6.07, 6.45) is -0.907. The van der Waals surface area contributed by atoms with Crippen molar-refractivity contribution in [2.75, 3.05) is 20.3 Å². The molecule has 0 radical (unpaired) electrons. The average molecular weight is 416 g/mol. The number of nitrogens with one attached hydrogen (secondary N) is 2. The van der Waals surface area contributed by atoms with Crippen LogP contribution in [0.3, 0.4) is 0 Å². The molecule has 2 amide bonds. The van der Waals surface area contributed by atoms with Crippen molar-refractivity contribution in [2.24, 2.45) is 0 Å². The topological polar surface area (TPSA) is 78.1 Å². The Kier molecular flexibility index (Phi) is 6.06. The van der Waals surface area contributed by atoms with Gasteiger partial charge in [0.05, 0.1) is 32.4 Å². The molecule has 0 spiro atoms. The smallest absolute Gasteiger partial charge is 0.315 e. The molecule has 0 saturated carbocycles. The summed E-state index contributed by atoms with van der Waals surface area (Å²) in [5.41, 5.74) is 0.940. The van der Waals surface area contributed by atoms with E-state index < -0.39 is 0 Å². The van der Waals surface area contributed by atoms with Gasteiger partial charge in [-0.15, -0.1) is 0 Å².